The monoisotopic (exact) mass is 264 g/mol. The van der Waals surface area contributed by atoms with Crippen LogP contribution in [0, 0.1) is 0 Å². The van der Waals surface area contributed by atoms with E-state index in [4.69, 9.17) is 21.1 Å². The van der Waals surface area contributed by atoms with E-state index in [9.17, 15) is 0 Å². The van der Waals surface area contributed by atoms with Gasteiger partial charge in [-0.25, -0.2) is 0 Å². The molecule has 0 bridgehead atoms. The third-order valence-corrected chi connectivity index (χ3v) is 2.34. The molecule has 0 aliphatic carbocycles. The molecule has 1 aromatic carbocycles. The molecule has 1 rings (SSSR count). The molecule has 0 N–H and O–H groups in total. The lowest BCUT2D eigenvalue weighted by Crippen LogP contribution is -2.00. The molecule has 2 nitrogen and oxygen atoms in total. The molecular weight excluding hydrogens is 255 g/mol. The van der Waals surface area contributed by atoms with Crippen molar-refractivity contribution >= 4 is 27.5 Å². The fourth-order valence-corrected chi connectivity index (χ4v) is 1.55. The first-order valence-electron chi connectivity index (χ1n) is 3.74. The Hall–Kier alpha value is -0.250. The Bertz CT molecular complexity index is 278. The Kier molecular flexibility index (Phi) is 4.56. The predicted octanol–water partition coefficient (Wildman–Crippen LogP) is 3.22. The lowest BCUT2D eigenvalue weighted by Gasteiger charge is -2.08. The van der Waals surface area contributed by atoms with Crippen molar-refractivity contribution in [2.75, 3.05) is 13.9 Å². The number of alkyl halides is 1. The van der Waals surface area contributed by atoms with E-state index in [-0.39, 0.29) is 6.79 Å². The van der Waals surface area contributed by atoms with Crippen molar-refractivity contribution in [1.82, 2.24) is 0 Å². The first kappa shape index (κ1) is 10.8. The second-order valence-electron chi connectivity index (χ2n) is 2.44. The Morgan fingerprint density at radius 1 is 1.46 bits per heavy atom. The van der Waals surface area contributed by atoms with Gasteiger partial charge in [0.25, 0.3) is 0 Å². The molecule has 4 heteroatoms. The maximum Gasteiger partial charge on any atom is 0.188 e. The molecular formula is C9H10BrClO2. The number of ether oxygens (including phenoxy) is 2. The Labute approximate surface area is 90.9 Å². The van der Waals surface area contributed by atoms with E-state index in [1.54, 1.807) is 13.2 Å². The summed E-state index contributed by atoms with van der Waals surface area (Å²) in [5.74, 6) is 0.795. The van der Waals surface area contributed by atoms with E-state index >= 15 is 0 Å². The Morgan fingerprint density at radius 2 is 2.23 bits per heavy atom. The molecule has 0 amide bonds. The van der Waals surface area contributed by atoms with Crippen LogP contribution in [-0.4, -0.2) is 13.9 Å². The van der Waals surface area contributed by atoms with Gasteiger partial charge in [0.1, 0.15) is 5.75 Å². The second kappa shape index (κ2) is 5.47. The van der Waals surface area contributed by atoms with Crippen molar-refractivity contribution in [3.63, 3.8) is 0 Å². The van der Waals surface area contributed by atoms with E-state index in [0.717, 1.165) is 11.3 Å². The summed E-state index contributed by atoms with van der Waals surface area (Å²) in [7, 11) is 1.59. The minimum atomic E-state index is 0.252. The predicted molar refractivity (Wildman–Crippen MR) is 56.6 cm³/mol. The average molecular weight is 266 g/mol. The fraction of sp³-hybridized carbons (Fsp3) is 0.333. The summed E-state index contributed by atoms with van der Waals surface area (Å²) in [6.07, 6.45) is 0. The number of benzene rings is 1. The lowest BCUT2D eigenvalue weighted by atomic mass is 10.2. The molecule has 0 saturated heterocycles. The van der Waals surface area contributed by atoms with E-state index in [1.165, 1.54) is 0 Å². The molecule has 0 aromatic heterocycles. The molecule has 0 fully saturated rings. The van der Waals surface area contributed by atoms with Crippen LogP contribution in [0.3, 0.4) is 0 Å². The van der Waals surface area contributed by atoms with Crippen molar-refractivity contribution < 1.29 is 9.47 Å². The van der Waals surface area contributed by atoms with Gasteiger partial charge in [-0.15, -0.1) is 0 Å². The van der Waals surface area contributed by atoms with Crippen LogP contribution in [0.4, 0.5) is 0 Å². The van der Waals surface area contributed by atoms with Crippen molar-refractivity contribution in [1.29, 1.82) is 0 Å². The number of rotatable bonds is 4. The lowest BCUT2D eigenvalue weighted by molar-refractivity contribution is 0.0506. The molecule has 1 aromatic rings. The highest BCUT2D eigenvalue weighted by Crippen LogP contribution is 2.24. The minimum Gasteiger partial charge on any atom is -0.467 e. The summed E-state index contributed by atoms with van der Waals surface area (Å²) in [5.41, 5.74) is 1.02. The highest BCUT2D eigenvalue weighted by atomic mass is 79.9. The molecule has 0 saturated carbocycles. The van der Waals surface area contributed by atoms with Crippen molar-refractivity contribution in [3.05, 3.63) is 28.8 Å². The number of halogens is 2. The van der Waals surface area contributed by atoms with Gasteiger partial charge in [-0.2, -0.15) is 0 Å². The molecule has 0 heterocycles. The Balaban J connectivity index is 2.79. The number of hydrogen-bond acceptors (Lipinski definition) is 2. The van der Waals surface area contributed by atoms with Gasteiger partial charge in [-0.1, -0.05) is 27.5 Å². The molecule has 0 aliphatic rings. The molecule has 0 spiro atoms. The zero-order valence-electron chi connectivity index (χ0n) is 7.22. The normalized spacial score (nSPS) is 10.1. The minimum absolute atomic E-state index is 0.252. The second-order valence-corrected chi connectivity index (χ2v) is 3.43. The van der Waals surface area contributed by atoms with Gasteiger partial charge in [0.2, 0.25) is 0 Å². The molecule has 0 atom stereocenters. The van der Waals surface area contributed by atoms with Crippen LogP contribution < -0.4 is 4.74 Å². The summed E-state index contributed by atoms with van der Waals surface area (Å²) in [5, 5.41) is 1.42. The maximum absolute atomic E-state index is 5.82. The fourth-order valence-electron chi connectivity index (χ4n) is 0.916. The van der Waals surface area contributed by atoms with E-state index in [1.807, 2.05) is 12.1 Å². The topological polar surface area (TPSA) is 18.5 Å². The third-order valence-electron chi connectivity index (χ3n) is 1.50. The summed E-state index contributed by atoms with van der Waals surface area (Å²) >= 11 is 9.18. The highest BCUT2D eigenvalue weighted by Gasteiger charge is 2.02. The van der Waals surface area contributed by atoms with Crippen molar-refractivity contribution in [2.45, 2.75) is 5.33 Å². The summed E-state index contributed by atoms with van der Waals surface area (Å²) < 4.78 is 10.1. The maximum atomic E-state index is 5.82. The summed E-state index contributed by atoms with van der Waals surface area (Å²) in [6, 6.07) is 5.48. The van der Waals surface area contributed by atoms with Crippen molar-refractivity contribution in [3.8, 4) is 5.75 Å². The molecule has 13 heavy (non-hydrogen) atoms. The van der Waals surface area contributed by atoms with Crippen LogP contribution in [0.1, 0.15) is 5.56 Å². The van der Waals surface area contributed by atoms with Gasteiger partial charge >= 0.3 is 0 Å². The quantitative estimate of drug-likeness (QED) is 0.615. The van der Waals surface area contributed by atoms with Crippen LogP contribution in [0.25, 0.3) is 0 Å². The summed E-state index contributed by atoms with van der Waals surface area (Å²) in [6.45, 7) is 0.252. The first-order chi connectivity index (χ1) is 6.27. The summed E-state index contributed by atoms with van der Waals surface area (Å²) in [4.78, 5) is 0. The number of hydrogen-bond donors (Lipinski definition) is 0. The number of methoxy groups -OCH3 is 1. The average Bonchev–Trinajstić information content (AvgIpc) is 2.16. The molecule has 72 valence electrons. The van der Waals surface area contributed by atoms with Crippen LogP contribution in [0.5, 0.6) is 5.75 Å². The van der Waals surface area contributed by atoms with Crippen LogP contribution in [0.2, 0.25) is 5.02 Å². The molecule has 0 aliphatic heterocycles. The molecule has 0 radical (unpaired) electrons. The van der Waals surface area contributed by atoms with Crippen LogP contribution in [0.15, 0.2) is 18.2 Å². The highest BCUT2D eigenvalue weighted by molar-refractivity contribution is 9.08. The van der Waals surface area contributed by atoms with E-state index in [2.05, 4.69) is 15.9 Å². The van der Waals surface area contributed by atoms with Gasteiger partial charge in [0, 0.05) is 23.0 Å². The largest absolute Gasteiger partial charge is 0.467 e. The van der Waals surface area contributed by atoms with E-state index < -0.39 is 0 Å². The zero-order valence-corrected chi connectivity index (χ0v) is 9.56. The molecule has 0 unspecified atom stereocenters. The Morgan fingerprint density at radius 3 is 2.85 bits per heavy atom. The first-order valence-corrected chi connectivity index (χ1v) is 5.24. The van der Waals surface area contributed by atoms with Gasteiger partial charge < -0.3 is 9.47 Å². The van der Waals surface area contributed by atoms with Crippen molar-refractivity contribution in [2.24, 2.45) is 0 Å². The smallest absolute Gasteiger partial charge is 0.188 e. The standard InChI is InChI=1S/C9H10BrClO2/c1-12-6-13-9-3-2-8(11)4-7(9)5-10/h2-4H,5-6H2,1H3. The van der Waals surface area contributed by atoms with Gasteiger partial charge in [-0.3, -0.25) is 0 Å². The van der Waals surface area contributed by atoms with Crippen LogP contribution >= 0.6 is 27.5 Å². The van der Waals surface area contributed by atoms with Crippen LogP contribution in [-0.2, 0) is 10.1 Å². The third kappa shape index (κ3) is 3.18. The van der Waals surface area contributed by atoms with Gasteiger partial charge in [0.05, 0.1) is 0 Å². The van der Waals surface area contributed by atoms with Gasteiger partial charge in [0.15, 0.2) is 6.79 Å². The van der Waals surface area contributed by atoms with E-state index in [0.29, 0.717) is 10.4 Å². The SMILES string of the molecule is COCOc1ccc(Cl)cc1CBr. The van der Waals surface area contributed by atoms with Gasteiger partial charge in [-0.05, 0) is 18.2 Å². The zero-order chi connectivity index (χ0) is 9.68.